The minimum Gasteiger partial charge on any atom is -0.480 e. The first-order valence-electron chi connectivity index (χ1n) is 6.13. The van der Waals surface area contributed by atoms with Crippen molar-refractivity contribution in [2.45, 2.75) is 39.3 Å². The molecular weight excluding hydrogens is 236 g/mol. The molecule has 1 fully saturated rings. The van der Waals surface area contributed by atoms with Gasteiger partial charge < -0.3 is 14.7 Å². The number of hydrogen-bond acceptors (Lipinski definition) is 4. The number of carbonyl (C=O) groups excluding carboxylic acids is 1. The number of amides is 1. The molecule has 6 nitrogen and oxygen atoms in total. The summed E-state index contributed by atoms with van der Waals surface area (Å²) < 4.78 is 5.32. The van der Waals surface area contributed by atoms with Gasteiger partial charge in [-0.05, 0) is 27.7 Å². The van der Waals surface area contributed by atoms with Crippen molar-refractivity contribution < 1.29 is 19.4 Å². The van der Waals surface area contributed by atoms with Crippen molar-refractivity contribution in [2.75, 3.05) is 26.2 Å². The van der Waals surface area contributed by atoms with Crippen molar-refractivity contribution in [1.82, 2.24) is 9.80 Å². The first-order valence-corrected chi connectivity index (χ1v) is 6.13. The summed E-state index contributed by atoms with van der Waals surface area (Å²) in [5.41, 5.74) is -0.505. The van der Waals surface area contributed by atoms with Gasteiger partial charge in [0.2, 0.25) is 0 Å². The lowest BCUT2D eigenvalue weighted by Crippen LogP contribution is -2.55. The number of ether oxygens (including phenoxy) is 1. The molecule has 1 amide bonds. The lowest BCUT2D eigenvalue weighted by molar-refractivity contribution is -0.138. The maximum atomic E-state index is 11.9. The molecule has 0 unspecified atom stereocenters. The third-order valence-electron chi connectivity index (χ3n) is 2.70. The second-order valence-corrected chi connectivity index (χ2v) is 5.65. The molecule has 18 heavy (non-hydrogen) atoms. The van der Waals surface area contributed by atoms with Gasteiger partial charge in [-0.2, -0.15) is 0 Å². The van der Waals surface area contributed by atoms with Crippen molar-refractivity contribution in [1.29, 1.82) is 0 Å². The Morgan fingerprint density at radius 3 is 2.39 bits per heavy atom. The number of aliphatic carboxylic acids is 1. The topological polar surface area (TPSA) is 70.1 Å². The molecule has 0 radical (unpaired) electrons. The second-order valence-electron chi connectivity index (χ2n) is 5.65. The van der Waals surface area contributed by atoms with E-state index in [9.17, 15) is 9.59 Å². The third-order valence-corrected chi connectivity index (χ3v) is 2.70. The van der Waals surface area contributed by atoms with Crippen LogP contribution < -0.4 is 0 Å². The Bertz CT molecular complexity index is 325. The Hall–Kier alpha value is -1.30. The fourth-order valence-electron chi connectivity index (χ4n) is 1.96. The van der Waals surface area contributed by atoms with Crippen LogP contribution in [0.1, 0.15) is 27.7 Å². The molecule has 0 saturated carbocycles. The number of nitrogens with zero attached hydrogens (tertiary/aromatic N) is 2. The number of carboxylic acids is 1. The summed E-state index contributed by atoms with van der Waals surface area (Å²) >= 11 is 0. The molecule has 6 heteroatoms. The highest BCUT2D eigenvalue weighted by Crippen LogP contribution is 2.15. The number of hydrogen-bond donors (Lipinski definition) is 1. The SMILES string of the molecule is C[C@H]1CN(CC(=O)O)CCN1C(=O)OC(C)(C)C. The summed E-state index contributed by atoms with van der Waals surface area (Å²) in [4.78, 5) is 26.0. The largest absolute Gasteiger partial charge is 0.480 e. The summed E-state index contributed by atoms with van der Waals surface area (Å²) in [5.74, 6) is -0.840. The zero-order chi connectivity index (χ0) is 13.9. The Morgan fingerprint density at radius 1 is 1.33 bits per heavy atom. The van der Waals surface area contributed by atoms with Gasteiger partial charge in [-0.3, -0.25) is 9.69 Å². The van der Waals surface area contributed by atoms with Crippen LogP contribution in [0.5, 0.6) is 0 Å². The maximum absolute atomic E-state index is 11.9. The van der Waals surface area contributed by atoms with Crippen LogP contribution >= 0.6 is 0 Å². The van der Waals surface area contributed by atoms with Crippen LogP contribution in [-0.4, -0.2) is 64.8 Å². The molecule has 0 spiro atoms. The Balaban J connectivity index is 2.52. The summed E-state index contributed by atoms with van der Waals surface area (Å²) in [6.07, 6.45) is -0.329. The zero-order valence-electron chi connectivity index (χ0n) is 11.5. The van der Waals surface area contributed by atoms with Crippen LogP contribution in [0, 0.1) is 0 Å². The molecule has 0 bridgehead atoms. The van der Waals surface area contributed by atoms with Crippen LogP contribution in [0.3, 0.4) is 0 Å². The van der Waals surface area contributed by atoms with Crippen LogP contribution in [0.15, 0.2) is 0 Å². The predicted molar refractivity (Wildman–Crippen MR) is 66.5 cm³/mol. The highest BCUT2D eigenvalue weighted by Gasteiger charge is 2.31. The van der Waals surface area contributed by atoms with Gasteiger partial charge in [0.15, 0.2) is 0 Å². The van der Waals surface area contributed by atoms with E-state index in [0.717, 1.165) is 0 Å². The second kappa shape index (κ2) is 5.56. The first kappa shape index (κ1) is 14.8. The van der Waals surface area contributed by atoms with E-state index in [4.69, 9.17) is 9.84 Å². The first-order chi connectivity index (χ1) is 8.19. The van der Waals surface area contributed by atoms with Gasteiger partial charge in [0, 0.05) is 25.7 Å². The van der Waals surface area contributed by atoms with Crippen LogP contribution in [-0.2, 0) is 9.53 Å². The molecule has 1 rings (SSSR count). The summed E-state index contributed by atoms with van der Waals surface area (Å²) in [6.45, 7) is 9.04. The molecular formula is C12H22N2O4. The third kappa shape index (κ3) is 4.52. The van der Waals surface area contributed by atoms with Gasteiger partial charge >= 0.3 is 12.1 Å². The van der Waals surface area contributed by atoms with Gasteiger partial charge in [-0.25, -0.2) is 4.79 Å². The average molecular weight is 258 g/mol. The van der Waals surface area contributed by atoms with E-state index in [1.807, 2.05) is 32.6 Å². The van der Waals surface area contributed by atoms with Gasteiger partial charge in [-0.15, -0.1) is 0 Å². The van der Waals surface area contributed by atoms with E-state index in [0.29, 0.717) is 19.6 Å². The lowest BCUT2D eigenvalue weighted by Gasteiger charge is -2.39. The highest BCUT2D eigenvalue weighted by atomic mass is 16.6. The van der Waals surface area contributed by atoms with E-state index in [1.165, 1.54) is 0 Å². The van der Waals surface area contributed by atoms with Crippen molar-refractivity contribution in [2.24, 2.45) is 0 Å². The molecule has 1 atom stereocenters. The number of carbonyl (C=O) groups is 2. The molecule has 0 aromatic carbocycles. The molecule has 1 N–H and O–H groups in total. The average Bonchev–Trinajstić information content (AvgIpc) is 2.13. The molecule has 1 saturated heterocycles. The number of piperazine rings is 1. The van der Waals surface area contributed by atoms with Crippen molar-refractivity contribution >= 4 is 12.1 Å². The Kier molecular flexibility index (Phi) is 4.56. The standard InChI is InChI=1S/C12H22N2O4/c1-9-7-13(8-10(15)16)5-6-14(9)11(17)18-12(2,3)4/h9H,5-8H2,1-4H3,(H,15,16)/t9-/m0/s1. The molecule has 1 heterocycles. The van der Waals surface area contributed by atoms with Gasteiger partial charge in [0.25, 0.3) is 0 Å². The Morgan fingerprint density at radius 2 is 1.94 bits per heavy atom. The van der Waals surface area contributed by atoms with E-state index in [-0.39, 0.29) is 18.7 Å². The zero-order valence-corrected chi connectivity index (χ0v) is 11.5. The summed E-state index contributed by atoms with van der Waals surface area (Å²) in [7, 11) is 0. The van der Waals surface area contributed by atoms with Crippen LogP contribution in [0.4, 0.5) is 4.79 Å². The molecule has 0 aliphatic carbocycles. The maximum Gasteiger partial charge on any atom is 0.410 e. The summed E-state index contributed by atoms with van der Waals surface area (Å²) in [5, 5.41) is 8.73. The smallest absolute Gasteiger partial charge is 0.410 e. The Labute approximate surface area is 107 Å². The van der Waals surface area contributed by atoms with Crippen molar-refractivity contribution in [3.05, 3.63) is 0 Å². The molecule has 1 aliphatic heterocycles. The molecule has 0 aromatic heterocycles. The van der Waals surface area contributed by atoms with Gasteiger partial charge in [-0.1, -0.05) is 0 Å². The van der Waals surface area contributed by atoms with E-state index >= 15 is 0 Å². The quantitative estimate of drug-likeness (QED) is 0.800. The molecule has 0 aromatic rings. The van der Waals surface area contributed by atoms with Crippen molar-refractivity contribution in [3.63, 3.8) is 0 Å². The van der Waals surface area contributed by atoms with Gasteiger partial charge in [0.1, 0.15) is 5.60 Å². The van der Waals surface area contributed by atoms with E-state index in [1.54, 1.807) is 4.90 Å². The van der Waals surface area contributed by atoms with Crippen LogP contribution in [0.25, 0.3) is 0 Å². The minimum absolute atomic E-state index is 0.0203. The minimum atomic E-state index is -0.840. The van der Waals surface area contributed by atoms with Crippen molar-refractivity contribution in [3.8, 4) is 0 Å². The van der Waals surface area contributed by atoms with E-state index in [2.05, 4.69) is 0 Å². The summed E-state index contributed by atoms with van der Waals surface area (Å²) in [6, 6.07) is -0.0343. The fraction of sp³-hybridized carbons (Fsp3) is 0.833. The number of rotatable bonds is 2. The molecule has 1 aliphatic rings. The number of carboxylic acid groups (broad SMARTS) is 1. The van der Waals surface area contributed by atoms with Crippen LogP contribution in [0.2, 0.25) is 0 Å². The lowest BCUT2D eigenvalue weighted by atomic mass is 10.2. The monoisotopic (exact) mass is 258 g/mol. The van der Waals surface area contributed by atoms with Gasteiger partial charge in [0.05, 0.1) is 6.54 Å². The highest BCUT2D eigenvalue weighted by molar-refractivity contribution is 5.70. The van der Waals surface area contributed by atoms with E-state index < -0.39 is 11.6 Å². The fourth-order valence-corrected chi connectivity index (χ4v) is 1.96. The predicted octanol–water partition coefficient (Wildman–Crippen LogP) is 1.01. The molecule has 104 valence electrons. The normalized spacial score (nSPS) is 21.8.